The lowest BCUT2D eigenvalue weighted by Gasteiger charge is -2.10. The van der Waals surface area contributed by atoms with Gasteiger partial charge in [0.15, 0.2) is 0 Å². The van der Waals surface area contributed by atoms with Gasteiger partial charge in [-0.3, -0.25) is 4.98 Å². The van der Waals surface area contributed by atoms with Crippen LogP contribution in [0.2, 0.25) is 0 Å². The summed E-state index contributed by atoms with van der Waals surface area (Å²) in [5, 5.41) is 2.27. The molecule has 2 nitrogen and oxygen atoms in total. The lowest BCUT2D eigenvalue weighted by Crippen LogP contribution is -2.23. The van der Waals surface area contributed by atoms with E-state index in [2.05, 4.69) is 69.0 Å². The van der Waals surface area contributed by atoms with Crippen molar-refractivity contribution in [1.82, 2.24) is 9.65 Å². The van der Waals surface area contributed by atoms with Crippen molar-refractivity contribution in [2.75, 3.05) is 0 Å². The third kappa shape index (κ3) is 3.28. The van der Waals surface area contributed by atoms with Gasteiger partial charge in [-0.05, 0) is 54.3 Å². The maximum absolute atomic E-state index is 4.72. The molecule has 0 saturated heterocycles. The predicted octanol–water partition coefficient (Wildman–Crippen LogP) is 4.09. The van der Waals surface area contributed by atoms with Crippen LogP contribution in [0.15, 0.2) is 61.3 Å². The molecule has 132 valence electrons. The van der Waals surface area contributed by atoms with Crippen molar-refractivity contribution in [3.63, 3.8) is 0 Å². The van der Waals surface area contributed by atoms with Crippen LogP contribution in [0.5, 0.6) is 0 Å². The molecule has 2 heteroatoms. The van der Waals surface area contributed by atoms with Gasteiger partial charge in [0.05, 0.1) is 17.3 Å². The summed E-state index contributed by atoms with van der Waals surface area (Å²) in [5.74, 6) is 0. The minimum absolute atomic E-state index is 1.00. The second-order valence-corrected chi connectivity index (χ2v) is 6.95. The Kier molecular flexibility index (Phi) is 4.58. The molecule has 4 rings (SSSR count). The molecule has 0 fully saturated rings. The average molecular weight is 351 g/mol. The molecule has 0 aliphatic carbocycles. The molecule has 0 bridgehead atoms. The Balaban J connectivity index is 1.82. The number of pyridine rings is 1. The number of aryl methyl sites for hydroxylation is 1. The quantitative estimate of drug-likeness (QED) is 0.636. The van der Waals surface area contributed by atoms with Crippen molar-refractivity contribution < 1.29 is 0 Å². The monoisotopic (exact) mass is 351 g/mol. The third-order valence-corrected chi connectivity index (χ3v) is 5.00. The lowest BCUT2D eigenvalue weighted by molar-refractivity contribution is 0.997. The highest BCUT2D eigenvalue weighted by atomic mass is 14.7. The van der Waals surface area contributed by atoms with Crippen molar-refractivity contribution in [1.29, 1.82) is 0 Å². The Morgan fingerprint density at radius 1 is 1.07 bits per heavy atom. The summed E-state index contributed by atoms with van der Waals surface area (Å²) >= 11 is 0. The topological polar surface area (TPSA) is 27.0 Å². The van der Waals surface area contributed by atoms with E-state index in [1.807, 2.05) is 18.3 Å². The molecule has 0 atom stereocenters. The van der Waals surface area contributed by atoms with E-state index in [-0.39, 0.29) is 0 Å². The zero-order valence-electron chi connectivity index (χ0n) is 15.9. The minimum atomic E-state index is 1.00. The molecule has 2 heterocycles. The Labute approximate surface area is 160 Å². The van der Waals surface area contributed by atoms with Crippen LogP contribution in [-0.2, 0) is 0 Å². The number of rotatable bonds is 5. The minimum Gasteiger partial charge on any atom is -0.256 e. The number of nitrogens with zero attached hydrogens (tertiary/aromatic N) is 2. The molecule has 0 amide bonds. The highest BCUT2D eigenvalue weighted by Gasteiger charge is 2.15. The van der Waals surface area contributed by atoms with Crippen LogP contribution < -0.4 is 15.2 Å². The van der Waals surface area contributed by atoms with Crippen LogP contribution >= 0.6 is 0 Å². The summed E-state index contributed by atoms with van der Waals surface area (Å²) in [4.78, 5) is 4.70. The smallest absolute Gasteiger partial charge is 0.256 e. The summed E-state index contributed by atoms with van der Waals surface area (Å²) in [7, 11) is 0. The van der Waals surface area contributed by atoms with Gasteiger partial charge in [0.25, 0.3) is 0 Å². The van der Waals surface area contributed by atoms with Gasteiger partial charge in [-0.2, -0.15) is 0 Å². The molecular formula is C25H23N2+. The predicted molar refractivity (Wildman–Crippen MR) is 115 cm³/mol. The second kappa shape index (κ2) is 7.19. The lowest BCUT2D eigenvalue weighted by atomic mass is 9.96. The van der Waals surface area contributed by atoms with E-state index in [9.17, 15) is 0 Å². The first-order valence-electron chi connectivity index (χ1n) is 9.45. The SMILES string of the molecule is C=Cc1ccc(-c2ncccc2-c2ccc3c(c2)=CC(CCC)=[N+]=3)cc1C. The van der Waals surface area contributed by atoms with Gasteiger partial charge < -0.3 is 0 Å². The van der Waals surface area contributed by atoms with E-state index in [0.717, 1.165) is 40.6 Å². The van der Waals surface area contributed by atoms with E-state index in [0.29, 0.717) is 0 Å². The summed E-state index contributed by atoms with van der Waals surface area (Å²) in [5.41, 5.74) is 7.98. The molecule has 0 N–H and O–H groups in total. The molecular weight excluding hydrogens is 328 g/mol. The molecule has 27 heavy (non-hydrogen) atoms. The summed E-state index contributed by atoms with van der Waals surface area (Å²) < 4.78 is 4.72. The van der Waals surface area contributed by atoms with Gasteiger partial charge in [0.1, 0.15) is 0 Å². The van der Waals surface area contributed by atoms with Crippen LogP contribution in [0, 0.1) is 6.92 Å². The van der Waals surface area contributed by atoms with Crippen LogP contribution in [0.3, 0.4) is 0 Å². The number of aromatic nitrogens is 1. The average Bonchev–Trinajstić information content (AvgIpc) is 3.10. The molecule has 1 aliphatic heterocycles. The molecule has 3 aromatic rings. The van der Waals surface area contributed by atoms with E-state index >= 15 is 0 Å². The Morgan fingerprint density at radius 3 is 2.70 bits per heavy atom. The van der Waals surface area contributed by atoms with Crippen LogP contribution in [-0.4, -0.2) is 10.7 Å². The van der Waals surface area contributed by atoms with Crippen molar-refractivity contribution in [3.05, 3.63) is 83.0 Å². The second-order valence-electron chi connectivity index (χ2n) is 6.95. The molecule has 1 aromatic heterocycles. The van der Waals surface area contributed by atoms with Crippen LogP contribution in [0.1, 0.15) is 30.9 Å². The fourth-order valence-electron chi connectivity index (χ4n) is 3.61. The fraction of sp³-hybridized carbons (Fsp3) is 0.160. The Bertz CT molecular complexity index is 1200. The molecule has 2 aromatic carbocycles. The van der Waals surface area contributed by atoms with Gasteiger partial charge >= 0.3 is 11.1 Å². The third-order valence-electron chi connectivity index (χ3n) is 5.00. The van der Waals surface area contributed by atoms with E-state index in [4.69, 9.17) is 9.65 Å². The molecule has 1 aliphatic rings. The Hall–Kier alpha value is -3.22. The van der Waals surface area contributed by atoms with Gasteiger partial charge in [-0.25, -0.2) is 0 Å². The van der Waals surface area contributed by atoms with Crippen LogP contribution in [0.4, 0.5) is 0 Å². The van der Waals surface area contributed by atoms with E-state index in [1.165, 1.54) is 22.1 Å². The van der Waals surface area contributed by atoms with Crippen molar-refractivity contribution in [3.8, 4) is 22.4 Å². The van der Waals surface area contributed by atoms with Gasteiger partial charge in [-0.15, -0.1) is 0 Å². The normalized spacial score (nSPS) is 12.0. The van der Waals surface area contributed by atoms with Crippen LogP contribution in [0.25, 0.3) is 34.5 Å². The van der Waals surface area contributed by atoms with Crippen molar-refractivity contribution in [2.45, 2.75) is 26.7 Å². The number of fused-ring (bicyclic) bond motifs is 1. The maximum Gasteiger partial charge on any atom is 0.335 e. The van der Waals surface area contributed by atoms with Gasteiger partial charge in [-0.1, -0.05) is 42.4 Å². The molecule has 0 unspecified atom stereocenters. The fourth-order valence-corrected chi connectivity index (χ4v) is 3.61. The van der Waals surface area contributed by atoms with Gasteiger partial charge in [0, 0.05) is 29.5 Å². The number of hydrogen-bond donors (Lipinski definition) is 0. The van der Waals surface area contributed by atoms with Crippen molar-refractivity contribution >= 4 is 17.9 Å². The highest BCUT2D eigenvalue weighted by Crippen LogP contribution is 2.30. The van der Waals surface area contributed by atoms with Crippen molar-refractivity contribution in [2.24, 2.45) is 0 Å². The summed E-state index contributed by atoms with van der Waals surface area (Å²) in [6.07, 6.45) is 8.10. The van der Waals surface area contributed by atoms with Gasteiger partial charge in [0.2, 0.25) is 0 Å². The first-order chi connectivity index (χ1) is 13.2. The molecule has 0 radical (unpaired) electrons. The molecule has 0 spiro atoms. The maximum atomic E-state index is 4.72. The summed E-state index contributed by atoms with van der Waals surface area (Å²) in [6.45, 7) is 8.18. The zero-order valence-corrected chi connectivity index (χ0v) is 15.9. The first kappa shape index (κ1) is 17.2. The Morgan fingerprint density at radius 2 is 1.93 bits per heavy atom. The van der Waals surface area contributed by atoms with E-state index in [1.54, 1.807) is 0 Å². The number of benzene rings is 2. The largest absolute Gasteiger partial charge is 0.335 e. The summed E-state index contributed by atoms with van der Waals surface area (Å²) in [6, 6.07) is 17.1. The first-order valence-corrected chi connectivity index (χ1v) is 9.45. The standard InChI is InChI=1S/C25H23N2/c1-4-7-22-16-21-15-19(11-12-24(21)27-22)23-8-6-13-26-25(23)20-10-9-18(5-2)17(3)14-20/h5-6,8-16H,2,4,7H2,1,3H3/q+1. The zero-order chi connectivity index (χ0) is 18.8. The number of hydrogen-bond acceptors (Lipinski definition) is 1. The highest BCUT2D eigenvalue weighted by molar-refractivity contribution is 6.10. The van der Waals surface area contributed by atoms with E-state index < -0.39 is 0 Å². The molecule has 0 saturated carbocycles.